The highest BCUT2D eigenvalue weighted by atomic mass is 32.2. The summed E-state index contributed by atoms with van der Waals surface area (Å²) in [4.78, 5) is 29.0. The Hall–Kier alpha value is -3.32. The Labute approximate surface area is 172 Å². The minimum Gasteiger partial charge on any atom is -0.368 e. The molecule has 0 spiro atoms. The van der Waals surface area contributed by atoms with Gasteiger partial charge in [0.25, 0.3) is 5.91 Å². The number of primary amides is 1. The molecule has 0 radical (unpaired) electrons. The van der Waals surface area contributed by atoms with Crippen molar-refractivity contribution >= 4 is 51.4 Å². The molecule has 2 heterocycles. The molecule has 2 aromatic carbocycles. The summed E-state index contributed by atoms with van der Waals surface area (Å²) in [5.41, 5.74) is 10.2. The number of rotatable bonds is 4. The molecule has 7 heteroatoms. The van der Waals surface area contributed by atoms with Gasteiger partial charge in [0, 0.05) is 22.7 Å². The van der Waals surface area contributed by atoms with Crippen molar-refractivity contribution in [2.45, 2.75) is 20.4 Å². The van der Waals surface area contributed by atoms with Gasteiger partial charge in [-0.05, 0) is 61.0 Å². The van der Waals surface area contributed by atoms with Crippen LogP contribution in [-0.2, 0) is 16.1 Å². The number of benzene rings is 2. The minimum atomic E-state index is -0.416. The largest absolute Gasteiger partial charge is 0.368 e. The fourth-order valence-electron chi connectivity index (χ4n) is 3.44. The third kappa shape index (κ3) is 4.09. The number of hydrogen-bond acceptors (Lipinski definition) is 4. The Morgan fingerprint density at radius 3 is 2.66 bits per heavy atom. The van der Waals surface area contributed by atoms with E-state index in [9.17, 15) is 9.59 Å². The van der Waals surface area contributed by atoms with E-state index in [0.717, 1.165) is 33.3 Å². The molecule has 1 aromatic heterocycles. The van der Waals surface area contributed by atoms with Crippen molar-refractivity contribution in [3.8, 4) is 0 Å². The van der Waals surface area contributed by atoms with Crippen LogP contribution in [-0.4, -0.2) is 21.5 Å². The van der Waals surface area contributed by atoms with E-state index in [2.05, 4.69) is 16.4 Å². The fraction of sp³-hybridized carbons (Fsp3) is 0.136. The number of aryl methyl sites for hydroxylation is 2. The van der Waals surface area contributed by atoms with Gasteiger partial charge in [-0.3, -0.25) is 9.59 Å². The third-order valence-electron chi connectivity index (χ3n) is 4.52. The molecule has 29 heavy (non-hydrogen) atoms. The van der Waals surface area contributed by atoms with Crippen LogP contribution in [0.25, 0.3) is 17.0 Å². The van der Waals surface area contributed by atoms with E-state index in [-0.39, 0.29) is 12.5 Å². The molecule has 146 valence electrons. The number of aliphatic imine (C=N–C) groups is 1. The first-order valence-corrected chi connectivity index (χ1v) is 9.95. The molecule has 0 aliphatic carbocycles. The van der Waals surface area contributed by atoms with Crippen LogP contribution in [0.5, 0.6) is 0 Å². The van der Waals surface area contributed by atoms with E-state index in [1.165, 1.54) is 11.8 Å². The second-order valence-corrected chi connectivity index (χ2v) is 8.05. The Morgan fingerprint density at radius 2 is 1.93 bits per heavy atom. The Kier molecular flexibility index (Phi) is 4.98. The van der Waals surface area contributed by atoms with Crippen molar-refractivity contribution in [1.82, 2.24) is 9.88 Å². The van der Waals surface area contributed by atoms with Crippen LogP contribution < -0.4 is 11.1 Å². The van der Waals surface area contributed by atoms with Crippen LogP contribution in [0.2, 0.25) is 0 Å². The summed E-state index contributed by atoms with van der Waals surface area (Å²) < 4.78 is 1.80. The summed E-state index contributed by atoms with van der Waals surface area (Å²) in [6.07, 6.45) is 3.67. The number of para-hydroxylation sites is 1. The average molecular weight is 404 g/mol. The standard InChI is InChI=1S/C22H20N4O2S/c1-13-7-14(2)9-16(8-13)24-22-25-21(28)19(29-22)10-15-11-26(12-20(23)27)18-6-4-3-5-17(15)18/h3-11H,12H2,1-2H3,(H2,23,27)(H,24,25,28). The molecule has 0 saturated carbocycles. The predicted molar refractivity (Wildman–Crippen MR) is 118 cm³/mol. The van der Waals surface area contributed by atoms with Gasteiger partial charge in [-0.2, -0.15) is 0 Å². The topological polar surface area (TPSA) is 89.5 Å². The number of nitrogens with zero attached hydrogens (tertiary/aromatic N) is 2. The first-order chi connectivity index (χ1) is 13.9. The molecule has 1 aliphatic rings. The highest BCUT2D eigenvalue weighted by molar-refractivity contribution is 8.18. The van der Waals surface area contributed by atoms with Gasteiger partial charge in [0.15, 0.2) is 5.17 Å². The maximum atomic E-state index is 12.5. The van der Waals surface area contributed by atoms with Gasteiger partial charge in [-0.1, -0.05) is 24.3 Å². The fourth-order valence-corrected chi connectivity index (χ4v) is 4.28. The zero-order valence-corrected chi connectivity index (χ0v) is 16.9. The second kappa shape index (κ2) is 7.60. The number of fused-ring (bicyclic) bond motifs is 1. The van der Waals surface area contributed by atoms with Crippen LogP contribution in [0.3, 0.4) is 0 Å². The molecule has 0 atom stereocenters. The number of nitrogens with two attached hydrogens (primary N) is 1. The summed E-state index contributed by atoms with van der Waals surface area (Å²) in [7, 11) is 0. The Balaban J connectivity index is 1.68. The first kappa shape index (κ1) is 19.0. The maximum absolute atomic E-state index is 12.5. The predicted octanol–water partition coefficient (Wildman–Crippen LogP) is 3.64. The van der Waals surface area contributed by atoms with E-state index in [4.69, 9.17) is 5.73 Å². The number of amides is 2. The Bertz CT molecular complexity index is 1190. The number of hydrogen-bond donors (Lipinski definition) is 2. The summed E-state index contributed by atoms with van der Waals surface area (Å²) in [5.74, 6) is -0.606. The summed E-state index contributed by atoms with van der Waals surface area (Å²) >= 11 is 1.30. The highest BCUT2D eigenvalue weighted by Crippen LogP contribution is 2.31. The van der Waals surface area contributed by atoms with E-state index >= 15 is 0 Å². The monoisotopic (exact) mass is 404 g/mol. The molecule has 1 fully saturated rings. The number of carbonyl (C=O) groups excluding carboxylic acids is 2. The number of carbonyl (C=O) groups is 2. The summed E-state index contributed by atoms with van der Waals surface area (Å²) in [5, 5.41) is 4.32. The molecule has 1 saturated heterocycles. The number of amidine groups is 1. The molecular formula is C22H20N4O2S. The average Bonchev–Trinajstić information content (AvgIpc) is 3.15. The minimum absolute atomic E-state index is 0.0858. The SMILES string of the molecule is Cc1cc(C)cc(N=C2NC(=O)C(=Cc3cn(CC(N)=O)c4ccccc34)S2)c1. The lowest BCUT2D eigenvalue weighted by atomic mass is 10.1. The van der Waals surface area contributed by atoms with Crippen LogP contribution >= 0.6 is 11.8 Å². The van der Waals surface area contributed by atoms with E-state index < -0.39 is 5.91 Å². The molecular weight excluding hydrogens is 384 g/mol. The number of aromatic nitrogens is 1. The quantitative estimate of drug-likeness (QED) is 0.651. The van der Waals surface area contributed by atoms with Gasteiger partial charge in [-0.25, -0.2) is 4.99 Å². The first-order valence-electron chi connectivity index (χ1n) is 9.13. The van der Waals surface area contributed by atoms with Gasteiger partial charge < -0.3 is 15.6 Å². The van der Waals surface area contributed by atoms with Gasteiger partial charge in [-0.15, -0.1) is 0 Å². The maximum Gasteiger partial charge on any atom is 0.264 e. The molecule has 1 aliphatic heterocycles. The van der Waals surface area contributed by atoms with E-state index in [1.807, 2.05) is 62.5 Å². The lowest BCUT2D eigenvalue weighted by molar-refractivity contribution is -0.118. The summed E-state index contributed by atoms with van der Waals surface area (Å²) in [6, 6.07) is 13.8. The summed E-state index contributed by atoms with van der Waals surface area (Å²) in [6.45, 7) is 4.12. The third-order valence-corrected chi connectivity index (χ3v) is 5.43. The lowest BCUT2D eigenvalue weighted by Gasteiger charge is -2.00. The zero-order chi connectivity index (χ0) is 20.5. The van der Waals surface area contributed by atoms with Gasteiger partial charge in [0.2, 0.25) is 5.91 Å². The van der Waals surface area contributed by atoms with Crippen molar-refractivity contribution in [2.75, 3.05) is 0 Å². The van der Waals surface area contributed by atoms with Crippen molar-refractivity contribution in [1.29, 1.82) is 0 Å². The van der Waals surface area contributed by atoms with Gasteiger partial charge in [0.05, 0.1) is 10.6 Å². The van der Waals surface area contributed by atoms with Gasteiger partial charge >= 0.3 is 0 Å². The highest BCUT2D eigenvalue weighted by Gasteiger charge is 2.24. The van der Waals surface area contributed by atoms with Crippen molar-refractivity contribution in [2.24, 2.45) is 10.7 Å². The molecule has 2 amide bonds. The molecule has 3 N–H and O–H groups in total. The second-order valence-electron chi connectivity index (χ2n) is 7.02. The van der Waals surface area contributed by atoms with Crippen molar-refractivity contribution in [3.05, 3.63) is 70.3 Å². The van der Waals surface area contributed by atoms with E-state index in [1.54, 1.807) is 4.57 Å². The van der Waals surface area contributed by atoms with Crippen LogP contribution in [0.1, 0.15) is 16.7 Å². The molecule has 0 bridgehead atoms. The smallest absolute Gasteiger partial charge is 0.264 e. The molecule has 4 rings (SSSR count). The molecule has 3 aromatic rings. The zero-order valence-electron chi connectivity index (χ0n) is 16.1. The van der Waals surface area contributed by atoms with Crippen LogP contribution in [0.4, 0.5) is 5.69 Å². The molecule has 6 nitrogen and oxygen atoms in total. The normalized spacial score (nSPS) is 16.7. The van der Waals surface area contributed by atoms with Gasteiger partial charge in [0.1, 0.15) is 6.54 Å². The van der Waals surface area contributed by atoms with Crippen LogP contribution in [0.15, 0.2) is 58.6 Å². The number of thioether (sulfide) groups is 1. The number of nitrogens with one attached hydrogen (secondary N) is 1. The lowest BCUT2D eigenvalue weighted by Crippen LogP contribution is -2.19. The van der Waals surface area contributed by atoms with Crippen molar-refractivity contribution < 1.29 is 9.59 Å². The van der Waals surface area contributed by atoms with Crippen molar-refractivity contribution in [3.63, 3.8) is 0 Å². The van der Waals surface area contributed by atoms with E-state index in [0.29, 0.717) is 10.1 Å². The Morgan fingerprint density at radius 1 is 1.21 bits per heavy atom. The molecule has 0 unspecified atom stereocenters. The van der Waals surface area contributed by atoms with Crippen LogP contribution in [0, 0.1) is 13.8 Å².